The van der Waals surface area contributed by atoms with Crippen molar-refractivity contribution >= 4 is 27.7 Å². The van der Waals surface area contributed by atoms with Crippen molar-refractivity contribution in [3.63, 3.8) is 0 Å². The zero-order valence-corrected chi connectivity index (χ0v) is 8.48. The summed E-state index contributed by atoms with van der Waals surface area (Å²) in [7, 11) is 0. The van der Waals surface area contributed by atoms with Crippen molar-refractivity contribution < 1.29 is 0 Å². The molecule has 0 aliphatic heterocycles. The molecule has 3 nitrogen and oxygen atoms in total. The summed E-state index contributed by atoms with van der Waals surface area (Å²) < 4.78 is 0. The predicted octanol–water partition coefficient (Wildman–Crippen LogP) is 4.04. The zero-order chi connectivity index (χ0) is 9.52. The minimum absolute atomic E-state index is 0.638. The Morgan fingerprint density at radius 3 is 3.08 bits per heavy atom. The highest BCUT2D eigenvalue weighted by Gasteiger charge is 1.88. The first-order valence-corrected chi connectivity index (χ1v) is 4.86. The second kappa shape index (κ2) is 5.41. The summed E-state index contributed by atoms with van der Waals surface area (Å²) >= 11 is 3.29. The number of azide groups is 1. The van der Waals surface area contributed by atoms with Crippen LogP contribution in [0.1, 0.15) is 5.56 Å². The summed E-state index contributed by atoms with van der Waals surface area (Å²) in [6.45, 7) is 0. The molecule has 66 valence electrons. The fourth-order valence-electron chi connectivity index (χ4n) is 0.923. The molecule has 1 aromatic rings. The third-order valence-corrected chi connectivity index (χ3v) is 1.80. The Kier molecular flexibility index (Phi) is 4.09. The highest BCUT2D eigenvalue weighted by Crippen LogP contribution is 2.15. The van der Waals surface area contributed by atoms with Gasteiger partial charge >= 0.3 is 0 Å². The molecule has 0 unspecified atom stereocenters. The van der Waals surface area contributed by atoms with E-state index in [4.69, 9.17) is 5.53 Å². The Hall–Kier alpha value is -1.25. The van der Waals surface area contributed by atoms with E-state index >= 15 is 0 Å². The standard InChI is InChI=1S/C9H8BrN3/c10-6-2-4-8-3-1-5-9(7-8)12-13-11/h1-5,7H,6H2. The van der Waals surface area contributed by atoms with Crippen LogP contribution in [0.4, 0.5) is 5.69 Å². The van der Waals surface area contributed by atoms with Gasteiger partial charge < -0.3 is 0 Å². The van der Waals surface area contributed by atoms with Crippen molar-refractivity contribution in [2.75, 3.05) is 5.33 Å². The summed E-state index contributed by atoms with van der Waals surface area (Å²) in [6.07, 6.45) is 3.94. The van der Waals surface area contributed by atoms with Crippen LogP contribution in [0.2, 0.25) is 0 Å². The Labute approximate surface area is 84.8 Å². The molecule has 0 aliphatic carbocycles. The number of hydrogen-bond donors (Lipinski definition) is 0. The predicted molar refractivity (Wildman–Crippen MR) is 58.1 cm³/mol. The smallest absolute Gasteiger partial charge is 0.0381 e. The van der Waals surface area contributed by atoms with Gasteiger partial charge in [0.1, 0.15) is 0 Å². The van der Waals surface area contributed by atoms with E-state index in [0.717, 1.165) is 10.9 Å². The van der Waals surface area contributed by atoms with Gasteiger partial charge in [-0.15, -0.1) is 0 Å². The summed E-state index contributed by atoms with van der Waals surface area (Å²) in [5, 5.41) is 4.33. The van der Waals surface area contributed by atoms with Crippen LogP contribution in [0.25, 0.3) is 16.5 Å². The maximum absolute atomic E-state index is 8.22. The Bertz CT molecular complexity index is 354. The maximum atomic E-state index is 8.22. The SMILES string of the molecule is [N-]=[N+]=Nc1cccc(C=CCBr)c1. The molecule has 1 aromatic carbocycles. The largest absolute Gasteiger partial charge is 0.0883 e. The van der Waals surface area contributed by atoms with Gasteiger partial charge in [-0.25, -0.2) is 0 Å². The summed E-state index contributed by atoms with van der Waals surface area (Å²) in [6, 6.07) is 7.41. The lowest BCUT2D eigenvalue weighted by atomic mass is 10.2. The second-order valence-electron chi connectivity index (χ2n) is 2.34. The van der Waals surface area contributed by atoms with Crippen molar-refractivity contribution in [2.24, 2.45) is 5.11 Å². The van der Waals surface area contributed by atoms with Gasteiger partial charge in [-0.1, -0.05) is 51.4 Å². The molecule has 0 aliphatic rings. The lowest BCUT2D eigenvalue weighted by Crippen LogP contribution is -1.70. The molecular weight excluding hydrogens is 230 g/mol. The number of nitrogens with zero attached hydrogens (tertiary/aromatic N) is 3. The van der Waals surface area contributed by atoms with Crippen LogP contribution in [0.5, 0.6) is 0 Å². The van der Waals surface area contributed by atoms with Gasteiger partial charge in [-0.05, 0) is 17.2 Å². The molecule has 0 fully saturated rings. The maximum Gasteiger partial charge on any atom is 0.0381 e. The fraction of sp³-hybridized carbons (Fsp3) is 0.111. The highest BCUT2D eigenvalue weighted by atomic mass is 79.9. The lowest BCUT2D eigenvalue weighted by molar-refractivity contribution is 1.47. The van der Waals surface area contributed by atoms with E-state index in [1.807, 2.05) is 30.4 Å². The number of halogens is 1. The van der Waals surface area contributed by atoms with Crippen molar-refractivity contribution in [3.8, 4) is 0 Å². The molecule has 0 saturated heterocycles. The summed E-state index contributed by atoms with van der Waals surface area (Å²) in [4.78, 5) is 2.72. The van der Waals surface area contributed by atoms with E-state index in [9.17, 15) is 0 Å². The van der Waals surface area contributed by atoms with E-state index in [1.165, 1.54) is 0 Å². The molecule has 0 saturated carbocycles. The van der Waals surface area contributed by atoms with Gasteiger partial charge in [-0.3, -0.25) is 0 Å². The normalized spacial score (nSPS) is 9.92. The van der Waals surface area contributed by atoms with Gasteiger partial charge in [0, 0.05) is 15.9 Å². The van der Waals surface area contributed by atoms with Gasteiger partial charge in [0.25, 0.3) is 0 Å². The number of rotatable bonds is 3. The average Bonchev–Trinajstić information content (AvgIpc) is 2.16. The van der Waals surface area contributed by atoms with E-state index < -0.39 is 0 Å². The van der Waals surface area contributed by atoms with Crippen LogP contribution >= 0.6 is 15.9 Å². The summed E-state index contributed by atoms with van der Waals surface area (Å²) in [5.41, 5.74) is 9.89. The minimum Gasteiger partial charge on any atom is -0.0883 e. The monoisotopic (exact) mass is 237 g/mol. The van der Waals surface area contributed by atoms with Gasteiger partial charge in [-0.2, -0.15) is 0 Å². The zero-order valence-electron chi connectivity index (χ0n) is 6.89. The minimum atomic E-state index is 0.638. The summed E-state index contributed by atoms with van der Waals surface area (Å²) in [5.74, 6) is 0. The van der Waals surface area contributed by atoms with Crippen LogP contribution in [-0.4, -0.2) is 5.33 Å². The Morgan fingerprint density at radius 2 is 2.38 bits per heavy atom. The molecule has 0 radical (unpaired) electrons. The topological polar surface area (TPSA) is 48.8 Å². The highest BCUT2D eigenvalue weighted by molar-refractivity contribution is 9.09. The molecule has 0 heterocycles. The van der Waals surface area contributed by atoms with Crippen LogP contribution in [0.3, 0.4) is 0 Å². The lowest BCUT2D eigenvalue weighted by Gasteiger charge is -1.93. The average molecular weight is 238 g/mol. The molecule has 0 atom stereocenters. The van der Waals surface area contributed by atoms with Crippen molar-refractivity contribution in [1.82, 2.24) is 0 Å². The molecule has 4 heteroatoms. The molecule has 0 bridgehead atoms. The fourth-order valence-corrected chi connectivity index (χ4v) is 1.11. The van der Waals surface area contributed by atoms with E-state index in [1.54, 1.807) is 6.07 Å². The number of alkyl halides is 1. The van der Waals surface area contributed by atoms with Crippen LogP contribution in [0, 0.1) is 0 Å². The molecule has 13 heavy (non-hydrogen) atoms. The van der Waals surface area contributed by atoms with Crippen molar-refractivity contribution in [3.05, 3.63) is 46.3 Å². The van der Waals surface area contributed by atoms with Gasteiger partial charge in [0.15, 0.2) is 0 Å². The van der Waals surface area contributed by atoms with Crippen molar-refractivity contribution in [2.45, 2.75) is 0 Å². The third kappa shape index (κ3) is 3.32. The van der Waals surface area contributed by atoms with Gasteiger partial charge in [0.05, 0.1) is 0 Å². The second-order valence-corrected chi connectivity index (χ2v) is 2.99. The van der Waals surface area contributed by atoms with E-state index in [0.29, 0.717) is 5.69 Å². The third-order valence-electron chi connectivity index (χ3n) is 1.43. The molecule has 1 rings (SSSR count). The van der Waals surface area contributed by atoms with Crippen LogP contribution < -0.4 is 0 Å². The van der Waals surface area contributed by atoms with Gasteiger partial charge in [0.2, 0.25) is 0 Å². The van der Waals surface area contributed by atoms with E-state index in [2.05, 4.69) is 26.0 Å². The molecule has 0 spiro atoms. The van der Waals surface area contributed by atoms with Crippen LogP contribution in [-0.2, 0) is 0 Å². The quantitative estimate of drug-likeness (QED) is 0.330. The first kappa shape index (κ1) is 9.84. The van der Waals surface area contributed by atoms with Crippen LogP contribution in [0.15, 0.2) is 35.5 Å². The Morgan fingerprint density at radius 1 is 1.54 bits per heavy atom. The molecule has 0 N–H and O–H groups in total. The number of allylic oxidation sites excluding steroid dienone is 1. The molecule has 0 aromatic heterocycles. The Balaban J connectivity index is 2.91. The number of benzene rings is 1. The molecular formula is C9H8BrN3. The molecule has 0 amide bonds. The number of hydrogen-bond acceptors (Lipinski definition) is 1. The van der Waals surface area contributed by atoms with Crippen molar-refractivity contribution in [1.29, 1.82) is 0 Å². The first-order valence-electron chi connectivity index (χ1n) is 3.74. The first-order chi connectivity index (χ1) is 6.36. The van der Waals surface area contributed by atoms with E-state index in [-0.39, 0.29) is 0 Å².